The van der Waals surface area contributed by atoms with Crippen molar-refractivity contribution in [2.24, 2.45) is 5.73 Å². The summed E-state index contributed by atoms with van der Waals surface area (Å²) < 4.78 is 0. The summed E-state index contributed by atoms with van der Waals surface area (Å²) in [6.45, 7) is 2.75. The van der Waals surface area contributed by atoms with Crippen molar-refractivity contribution in [2.45, 2.75) is 31.7 Å². The van der Waals surface area contributed by atoms with Crippen molar-refractivity contribution >= 4 is 17.5 Å². The molecule has 0 aliphatic carbocycles. The highest BCUT2D eigenvalue weighted by Gasteiger charge is 2.34. The standard InChI is InChI=1S/C14H19N3O2/c1-14(7-2-3-8-16-14)13(19)17-11-6-4-5-10(9-11)12(15)18/h4-6,9,16H,2-3,7-8H2,1H3,(H2,15,18)(H,17,19). The Morgan fingerprint density at radius 2 is 2.16 bits per heavy atom. The van der Waals surface area contributed by atoms with E-state index in [0.717, 1.165) is 25.8 Å². The largest absolute Gasteiger partial charge is 0.366 e. The molecule has 0 radical (unpaired) electrons. The molecular weight excluding hydrogens is 242 g/mol. The first-order valence-electron chi connectivity index (χ1n) is 6.48. The smallest absolute Gasteiger partial charge is 0.248 e. The first kappa shape index (κ1) is 13.5. The summed E-state index contributed by atoms with van der Waals surface area (Å²) in [5.41, 5.74) is 5.66. The Hall–Kier alpha value is -1.88. The molecule has 1 aliphatic rings. The van der Waals surface area contributed by atoms with Gasteiger partial charge >= 0.3 is 0 Å². The molecule has 4 N–H and O–H groups in total. The van der Waals surface area contributed by atoms with Gasteiger partial charge in [0, 0.05) is 11.3 Å². The van der Waals surface area contributed by atoms with Crippen LogP contribution in [0, 0.1) is 0 Å². The van der Waals surface area contributed by atoms with E-state index in [0.29, 0.717) is 11.3 Å². The molecule has 1 aromatic rings. The summed E-state index contributed by atoms with van der Waals surface area (Å²) in [5, 5.41) is 6.09. The number of rotatable bonds is 3. The number of anilines is 1. The van der Waals surface area contributed by atoms with Gasteiger partial charge in [-0.15, -0.1) is 0 Å². The van der Waals surface area contributed by atoms with Gasteiger partial charge in [-0.1, -0.05) is 6.07 Å². The highest BCUT2D eigenvalue weighted by atomic mass is 16.2. The lowest BCUT2D eigenvalue weighted by Crippen LogP contribution is -2.54. The van der Waals surface area contributed by atoms with E-state index in [2.05, 4.69) is 10.6 Å². The van der Waals surface area contributed by atoms with E-state index in [9.17, 15) is 9.59 Å². The molecule has 1 saturated heterocycles. The maximum atomic E-state index is 12.3. The molecular formula is C14H19N3O2. The van der Waals surface area contributed by atoms with Gasteiger partial charge < -0.3 is 16.4 Å². The molecule has 102 valence electrons. The second-order valence-corrected chi connectivity index (χ2v) is 5.12. The first-order chi connectivity index (χ1) is 9.01. The lowest BCUT2D eigenvalue weighted by atomic mass is 9.90. The number of carbonyl (C=O) groups is 2. The van der Waals surface area contributed by atoms with Crippen LogP contribution in [0.4, 0.5) is 5.69 Å². The first-order valence-corrected chi connectivity index (χ1v) is 6.48. The molecule has 2 rings (SSSR count). The van der Waals surface area contributed by atoms with Gasteiger partial charge in [0.05, 0.1) is 5.54 Å². The molecule has 1 heterocycles. The van der Waals surface area contributed by atoms with Crippen molar-refractivity contribution in [2.75, 3.05) is 11.9 Å². The maximum Gasteiger partial charge on any atom is 0.248 e. The third-order valence-corrected chi connectivity index (χ3v) is 3.52. The summed E-state index contributed by atoms with van der Waals surface area (Å²) >= 11 is 0. The number of hydrogen-bond acceptors (Lipinski definition) is 3. The molecule has 0 saturated carbocycles. The minimum Gasteiger partial charge on any atom is -0.366 e. The van der Waals surface area contributed by atoms with E-state index >= 15 is 0 Å². The predicted octanol–water partition coefficient (Wildman–Crippen LogP) is 1.26. The second kappa shape index (κ2) is 5.40. The molecule has 1 aliphatic heterocycles. The van der Waals surface area contributed by atoms with Crippen LogP contribution < -0.4 is 16.4 Å². The van der Waals surface area contributed by atoms with Crippen LogP contribution in [0.15, 0.2) is 24.3 Å². The Morgan fingerprint density at radius 3 is 2.79 bits per heavy atom. The Morgan fingerprint density at radius 1 is 1.37 bits per heavy atom. The number of piperidine rings is 1. The minimum absolute atomic E-state index is 0.0752. The van der Waals surface area contributed by atoms with Crippen molar-refractivity contribution < 1.29 is 9.59 Å². The van der Waals surface area contributed by atoms with Gasteiger partial charge in [-0.2, -0.15) is 0 Å². The molecule has 1 fully saturated rings. The van der Waals surface area contributed by atoms with Gasteiger partial charge in [-0.3, -0.25) is 9.59 Å². The molecule has 1 atom stereocenters. The molecule has 2 amide bonds. The van der Waals surface area contributed by atoms with Crippen LogP contribution >= 0.6 is 0 Å². The van der Waals surface area contributed by atoms with Crippen molar-refractivity contribution in [1.29, 1.82) is 0 Å². The zero-order valence-electron chi connectivity index (χ0n) is 11.0. The number of benzene rings is 1. The second-order valence-electron chi connectivity index (χ2n) is 5.12. The van der Waals surface area contributed by atoms with Crippen molar-refractivity contribution in [3.05, 3.63) is 29.8 Å². The van der Waals surface area contributed by atoms with Crippen LogP contribution in [0.1, 0.15) is 36.5 Å². The topological polar surface area (TPSA) is 84.2 Å². The van der Waals surface area contributed by atoms with Gasteiger partial charge in [0.2, 0.25) is 11.8 Å². The fourth-order valence-corrected chi connectivity index (χ4v) is 2.27. The molecule has 5 nitrogen and oxygen atoms in total. The van der Waals surface area contributed by atoms with Gasteiger partial charge in [-0.05, 0) is 50.9 Å². The summed E-state index contributed by atoms with van der Waals surface area (Å²) in [5.74, 6) is -0.577. The van der Waals surface area contributed by atoms with Gasteiger partial charge in [-0.25, -0.2) is 0 Å². The minimum atomic E-state index is -0.541. The summed E-state index contributed by atoms with van der Waals surface area (Å²) in [6.07, 6.45) is 2.95. The van der Waals surface area contributed by atoms with E-state index < -0.39 is 11.4 Å². The van der Waals surface area contributed by atoms with E-state index in [1.807, 2.05) is 6.92 Å². The van der Waals surface area contributed by atoms with Crippen LogP contribution in [0.25, 0.3) is 0 Å². The quantitative estimate of drug-likeness (QED) is 0.765. The summed E-state index contributed by atoms with van der Waals surface area (Å²) in [7, 11) is 0. The molecule has 19 heavy (non-hydrogen) atoms. The Balaban J connectivity index is 2.10. The number of amides is 2. The summed E-state index contributed by atoms with van der Waals surface area (Å²) in [4.78, 5) is 23.4. The third kappa shape index (κ3) is 3.12. The van der Waals surface area contributed by atoms with Gasteiger partial charge in [0.15, 0.2) is 0 Å². The highest BCUT2D eigenvalue weighted by Crippen LogP contribution is 2.21. The average molecular weight is 261 g/mol. The molecule has 5 heteroatoms. The van der Waals surface area contributed by atoms with Crippen LogP contribution in [0.3, 0.4) is 0 Å². The van der Waals surface area contributed by atoms with E-state index in [1.54, 1.807) is 24.3 Å². The Kier molecular flexibility index (Phi) is 3.85. The SMILES string of the molecule is CC1(C(=O)Nc2cccc(C(N)=O)c2)CCCCN1. The highest BCUT2D eigenvalue weighted by molar-refractivity contribution is 5.99. The average Bonchev–Trinajstić information content (AvgIpc) is 2.40. The molecule has 0 bridgehead atoms. The van der Waals surface area contributed by atoms with Crippen molar-refractivity contribution in [3.8, 4) is 0 Å². The number of carbonyl (C=O) groups excluding carboxylic acids is 2. The third-order valence-electron chi connectivity index (χ3n) is 3.52. The summed E-state index contributed by atoms with van der Waals surface area (Å²) in [6, 6.07) is 6.66. The monoisotopic (exact) mass is 261 g/mol. The van der Waals surface area contributed by atoms with Crippen molar-refractivity contribution in [1.82, 2.24) is 5.32 Å². The van der Waals surface area contributed by atoms with Gasteiger partial charge in [0.1, 0.15) is 0 Å². The molecule has 0 spiro atoms. The number of nitrogens with one attached hydrogen (secondary N) is 2. The molecule has 1 aromatic carbocycles. The number of hydrogen-bond donors (Lipinski definition) is 3. The normalized spacial score (nSPS) is 22.8. The molecule has 0 aromatic heterocycles. The number of nitrogens with two attached hydrogens (primary N) is 1. The van der Waals surface area contributed by atoms with Crippen LogP contribution in [-0.2, 0) is 4.79 Å². The lowest BCUT2D eigenvalue weighted by molar-refractivity contribution is -0.122. The van der Waals surface area contributed by atoms with E-state index in [-0.39, 0.29) is 5.91 Å². The lowest BCUT2D eigenvalue weighted by Gasteiger charge is -2.33. The Labute approximate surface area is 112 Å². The Bertz CT molecular complexity index is 493. The van der Waals surface area contributed by atoms with Crippen molar-refractivity contribution in [3.63, 3.8) is 0 Å². The fraction of sp³-hybridized carbons (Fsp3) is 0.429. The van der Waals surface area contributed by atoms with Crippen LogP contribution in [0.5, 0.6) is 0 Å². The molecule has 1 unspecified atom stereocenters. The fourth-order valence-electron chi connectivity index (χ4n) is 2.27. The van der Waals surface area contributed by atoms with E-state index in [4.69, 9.17) is 5.73 Å². The zero-order valence-corrected chi connectivity index (χ0v) is 11.0. The van der Waals surface area contributed by atoms with Crippen LogP contribution in [-0.4, -0.2) is 23.9 Å². The van der Waals surface area contributed by atoms with Crippen LogP contribution in [0.2, 0.25) is 0 Å². The number of primary amides is 1. The zero-order chi connectivity index (χ0) is 13.9. The van der Waals surface area contributed by atoms with Gasteiger partial charge in [0.25, 0.3) is 0 Å². The predicted molar refractivity (Wildman–Crippen MR) is 73.8 cm³/mol. The maximum absolute atomic E-state index is 12.3. The van der Waals surface area contributed by atoms with E-state index in [1.165, 1.54) is 0 Å².